The zero-order valence-electron chi connectivity index (χ0n) is 12.4. The lowest BCUT2D eigenvalue weighted by Crippen LogP contribution is -2.39. The molecule has 1 saturated heterocycles. The van der Waals surface area contributed by atoms with Crippen LogP contribution >= 0.6 is 0 Å². The molecular weight excluding hydrogens is 302 g/mol. The molecule has 1 aliphatic heterocycles. The molecule has 1 atom stereocenters. The molecule has 8 heteroatoms. The Hall–Kier alpha value is -1.80. The van der Waals surface area contributed by atoms with Gasteiger partial charge >= 0.3 is 0 Å². The van der Waals surface area contributed by atoms with E-state index < -0.39 is 10.0 Å². The van der Waals surface area contributed by atoms with E-state index >= 15 is 0 Å². The molecule has 22 heavy (non-hydrogen) atoms. The van der Waals surface area contributed by atoms with Gasteiger partial charge < -0.3 is 0 Å². The third kappa shape index (κ3) is 3.50. The lowest BCUT2D eigenvalue weighted by molar-refractivity contribution is 0.265. The van der Waals surface area contributed by atoms with Crippen LogP contribution in [-0.4, -0.2) is 52.2 Å². The topological polar surface area (TPSA) is 91.8 Å². The van der Waals surface area contributed by atoms with Crippen molar-refractivity contribution < 1.29 is 8.42 Å². The summed E-state index contributed by atoms with van der Waals surface area (Å²) in [6.07, 6.45) is 10.9. The molecule has 0 spiro atoms. The van der Waals surface area contributed by atoms with Gasteiger partial charge in [0.2, 0.25) is 10.0 Å². The maximum absolute atomic E-state index is 11.7. The van der Waals surface area contributed by atoms with Gasteiger partial charge in [-0.2, -0.15) is 5.10 Å². The highest BCUT2D eigenvalue weighted by Crippen LogP contribution is 2.22. The molecule has 7 nitrogen and oxygen atoms in total. The molecule has 1 fully saturated rings. The van der Waals surface area contributed by atoms with Crippen LogP contribution in [0.15, 0.2) is 24.8 Å². The summed E-state index contributed by atoms with van der Waals surface area (Å²) in [6.45, 7) is 1.19. The highest BCUT2D eigenvalue weighted by molar-refractivity contribution is 7.88. The SMILES string of the molecule is CS(=O)(=O)N1CCCC(Cc2cncc(-c3cn[nH]c3)n2)C1. The number of aromatic nitrogens is 4. The van der Waals surface area contributed by atoms with Gasteiger partial charge in [-0.3, -0.25) is 10.1 Å². The minimum absolute atomic E-state index is 0.289. The van der Waals surface area contributed by atoms with E-state index in [1.165, 1.54) is 6.26 Å². The summed E-state index contributed by atoms with van der Waals surface area (Å²) >= 11 is 0. The van der Waals surface area contributed by atoms with Crippen molar-refractivity contribution in [2.24, 2.45) is 5.92 Å². The van der Waals surface area contributed by atoms with E-state index in [1.54, 1.807) is 29.1 Å². The van der Waals surface area contributed by atoms with Crippen LogP contribution in [0.4, 0.5) is 0 Å². The highest BCUT2D eigenvalue weighted by Gasteiger charge is 2.26. The molecule has 3 heterocycles. The highest BCUT2D eigenvalue weighted by atomic mass is 32.2. The van der Waals surface area contributed by atoms with Crippen molar-refractivity contribution >= 4 is 10.0 Å². The number of nitrogens with zero attached hydrogens (tertiary/aromatic N) is 4. The molecule has 0 radical (unpaired) electrons. The third-order valence-electron chi connectivity index (χ3n) is 3.93. The summed E-state index contributed by atoms with van der Waals surface area (Å²) in [5.41, 5.74) is 2.57. The normalized spacial score (nSPS) is 20.1. The van der Waals surface area contributed by atoms with Crippen LogP contribution in [0.5, 0.6) is 0 Å². The fraction of sp³-hybridized carbons (Fsp3) is 0.500. The summed E-state index contributed by atoms with van der Waals surface area (Å²) in [5.74, 6) is 0.289. The number of piperidine rings is 1. The van der Waals surface area contributed by atoms with Crippen molar-refractivity contribution in [3.05, 3.63) is 30.5 Å². The molecule has 1 unspecified atom stereocenters. The predicted octanol–water partition coefficient (Wildman–Crippen LogP) is 1.08. The van der Waals surface area contributed by atoms with Crippen LogP contribution in [0.25, 0.3) is 11.3 Å². The minimum Gasteiger partial charge on any atom is -0.285 e. The molecule has 118 valence electrons. The van der Waals surface area contributed by atoms with E-state index in [1.807, 2.05) is 0 Å². The van der Waals surface area contributed by atoms with Crippen LogP contribution < -0.4 is 0 Å². The number of aromatic amines is 1. The minimum atomic E-state index is -3.11. The molecule has 1 aliphatic rings. The summed E-state index contributed by atoms with van der Waals surface area (Å²) in [6, 6.07) is 0. The maximum atomic E-state index is 11.7. The Labute approximate surface area is 129 Å². The number of H-pyrrole nitrogens is 1. The Morgan fingerprint density at radius 1 is 1.36 bits per heavy atom. The summed E-state index contributed by atoms with van der Waals surface area (Å²) in [7, 11) is -3.11. The average Bonchev–Trinajstić information content (AvgIpc) is 3.01. The Morgan fingerprint density at radius 2 is 2.23 bits per heavy atom. The van der Waals surface area contributed by atoms with Gasteiger partial charge in [0.15, 0.2) is 0 Å². The third-order valence-corrected chi connectivity index (χ3v) is 5.20. The van der Waals surface area contributed by atoms with Crippen molar-refractivity contribution in [1.29, 1.82) is 0 Å². The van der Waals surface area contributed by atoms with Gasteiger partial charge in [0.25, 0.3) is 0 Å². The first-order chi connectivity index (χ1) is 10.5. The first-order valence-corrected chi connectivity index (χ1v) is 9.12. The van der Waals surface area contributed by atoms with Crippen LogP contribution in [0.2, 0.25) is 0 Å². The standard InChI is InChI=1S/C14H19N5O2S/c1-22(20,21)19-4-2-3-11(10-19)5-13-8-15-9-14(18-13)12-6-16-17-7-12/h6-9,11H,2-5,10H2,1H3,(H,16,17). The Bertz CT molecular complexity index is 729. The Morgan fingerprint density at radius 3 is 2.95 bits per heavy atom. The average molecular weight is 321 g/mol. The maximum Gasteiger partial charge on any atom is 0.211 e. The van der Waals surface area contributed by atoms with Crippen molar-refractivity contribution in [1.82, 2.24) is 24.5 Å². The second-order valence-corrected chi connectivity index (χ2v) is 7.70. The fourth-order valence-corrected chi connectivity index (χ4v) is 3.77. The largest absolute Gasteiger partial charge is 0.285 e. The second kappa shape index (κ2) is 6.13. The van der Waals surface area contributed by atoms with Gasteiger partial charge in [-0.15, -0.1) is 0 Å². The quantitative estimate of drug-likeness (QED) is 0.910. The number of rotatable bonds is 4. The van der Waals surface area contributed by atoms with Gasteiger partial charge in [-0.1, -0.05) is 0 Å². The van der Waals surface area contributed by atoms with Gasteiger partial charge in [-0.05, 0) is 25.2 Å². The Balaban J connectivity index is 1.72. The van der Waals surface area contributed by atoms with Gasteiger partial charge in [0.1, 0.15) is 0 Å². The van der Waals surface area contributed by atoms with Crippen molar-refractivity contribution in [2.45, 2.75) is 19.3 Å². The van der Waals surface area contributed by atoms with Crippen LogP contribution in [-0.2, 0) is 16.4 Å². The summed E-state index contributed by atoms with van der Waals surface area (Å²) < 4.78 is 24.9. The van der Waals surface area contributed by atoms with E-state index in [0.717, 1.165) is 36.2 Å². The van der Waals surface area contributed by atoms with Crippen molar-refractivity contribution in [2.75, 3.05) is 19.3 Å². The molecule has 0 amide bonds. The molecule has 0 aliphatic carbocycles. The van der Waals surface area contributed by atoms with Crippen LogP contribution in [0.1, 0.15) is 18.5 Å². The lowest BCUT2D eigenvalue weighted by Gasteiger charge is -2.30. The van der Waals surface area contributed by atoms with Gasteiger partial charge in [-0.25, -0.2) is 17.7 Å². The zero-order chi connectivity index (χ0) is 15.6. The molecule has 2 aromatic heterocycles. The molecule has 0 saturated carbocycles. The van der Waals surface area contributed by atoms with Crippen molar-refractivity contribution in [3.63, 3.8) is 0 Å². The fourth-order valence-electron chi connectivity index (χ4n) is 2.83. The Kier molecular flexibility index (Phi) is 4.21. The van der Waals surface area contributed by atoms with Crippen LogP contribution in [0.3, 0.4) is 0 Å². The molecule has 0 aromatic carbocycles. The van der Waals surface area contributed by atoms with E-state index in [9.17, 15) is 8.42 Å². The second-order valence-electron chi connectivity index (χ2n) is 5.72. The molecule has 1 N–H and O–H groups in total. The molecule has 3 rings (SSSR count). The van der Waals surface area contributed by atoms with Gasteiger partial charge in [0, 0.05) is 31.0 Å². The number of hydrogen-bond donors (Lipinski definition) is 1. The van der Waals surface area contributed by atoms with E-state index in [0.29, 0.717) is 13.1 Å². The zero-order valence-corrected chi connectivity index (χ0v) is 13.3. The number of nitrogens with one attached hydrogen (secondary N) is 1. The molecular formula is C14H19N5O2S. The summed E-state index contributed by atoms with van der Waals surface area (Å²) in [4.78, 5) is 8.84. The molecule has 0 bridgehead atoms. The number of hydrogen-bond acceptors (Lipinski definition) is 5. The smallest absolute Gasteiger partial charge is 0.211 e. The predicted molar refractivity (Wildman–Crippen MR) is 82.5 cm³/mol. The lowest BCUT2D eigenvalue weighted by atomic mass is 9.95. The van der Waals surface area contributed by atoms with Crippen LogP contribution in [0, 0.1) is 5.92 Å². The first kappa shape index (κ1) is 15.1. The van der Waals surface area contributed by atoms with E-state index in [2.05, 4.69) is 20.2 Å². The van der Waals surface area contributed by atoms with Gasteiger partial charge in [0.05, 0.1) is 30.0 Å². The first-order valence-electron chi connectivity index (χ1n) is 7.27. The van der Waals surface area contributed by atoms with E-state index in [4.69, 9.17) is 0 Å². The van der Waals surface area contributed by atoms with E-state index in [-0.39, 0.29) is 5.92 Å². The summed E-state index contributed by atoms with van der Waals surface area (Å²) in [5, 5.41) is 6.68. The number of sulfonamides is 1. The monoisotopic (exact) mass is 321 g/mol. The molecule has 2 aromatic rings. The van der Waals surface area contributed by atoms with Crippen molar-refractivity contribution in [3.8, 4) is 11.3 Å².